The lowest BCUT2D eigenvalue weighted by Crippen LogP contribution is -2.27. The number of hydrogen-bond donors (Lipinski definition) is 1. The highest BCUT2D eigenvalue weighted by molar-refractivity contribution is 7.89. The van der Waals surface area contributed by atoms with Crippen molar-refractivity contribution in [2.75, 3.05) is 18.4 Å². The Balaban J connectivity index is 1.64. The predicted molar refractivity (Wildman–Crippen MR) is 109 cm³/mol. The van der Waals surface area contributed by atoms with Crippen LogP contribution in [0.3, 0.4) is 0 Å². The summed E-state index contributed by atoms with van der Waals surface area (Å²) in [6.45, 7) is 5.34. The zero-order valence-corrected chi connectivity index (χ0v) is 16.4. The van der Waals surface area contributed by atoms with E-state index in [4.69, 9.17) is 0 Å². The summed E-state index contributed by atoms with van der Waals surface area (Å²) in [6.07, 6.45) is 1.86. The number of rotatable bonds is 4. The van der Waals surface area contributed by atoms with E-state index < -0.39 is 10.0 Å². The number of pyridine rings is 1. The largest absolute Gasteiger partial charge is 0.340 e. The number of nitrogens with one attached hydrogen (secondary N) is 1. The van der Waals surface area contributed by atoms with Crippen molar-refractivity contribution in [1.29, 1.82) is 0 Å². The van der Waals surface area contributed by atoms with Gasteiger partial charge in [0.2, 0.25) is 10.0 Å². The fraction of sp³-hybridized carbons (Fsp3) is 0.286. The third kappa shape index (κ3) is 3.68. The number of aryl methyl sites for hydroxylation is 2. The molecule has 4 rings (SSSR count). The molecule has 3 aromatic rings. The number of nitrogens with zero attached hydrogens (tertiary/aromatic N) is 2. The van der Waals surface area contributed by atoms with Gasteiger partial charge in [-0.05, 0) is 80.3 Å². The minimum atomic E-state index is -3.41. The summed E-state index contributed by atoms with van der Waals surface area (Å²) < 4.78 is 27.1. The van der Waals surface area contributed by atoms with Gasteiger partial charge in [0.25, 0.3) is 0 Å². The van der Waals surface area contributed by atoms with Gasteiger partial charge in [-0.3, -0.25) is 0 Å². The van der Waals surface area contributed by atoms with E-state index in [9.17, 15) is 8.42 Å². The molecule has 140 valence electrons. The zero-order chi connectivity index (χ0) is 19.0. The molecule has 27 heavy (non-hydrogen) atoms. The van der Waals surface area contributed by atoms with Crippen molar-refractivity contribution in [1.82, 2.24) is 9.29 Å². The molecule has 2 heterocycles. The van der Waals surface area contributed by atoms with Crippen LogP contribution in [0.5, 0.6) is 0 Å². The van der Waals surface area contributed by atoms with Gasteiger partial charge >= 0.3 is 0 Å². The lowest BCUT2D eigenvalue weighted by molar-refractivity contribution is 0.477. The van der Waals surface area contributed by atoms with Gasteiger partial charge in [0.1, 0.15) is 5.82 Å². The molecule has 1 N–H and O–H groups in total. The van der Waals surface area contributed by atoms with Crippen molar-refractivity contribution >= 4 is 32.4 Å². The van der Waals surface area contributed by atoms with Crippen LogP contribution in [0.4, 0.5) is 11.5 Å². The number of anilines is 2. The third-order valence-electron chi connectivity index (χ3n) is 4.86. The Morgan fingerprint density at radius 1 is 0.926 bits per heavy atom. The van der Waals surface area contributed by atoms with Crippen LogP contribution in [0.25, 0.3) is 10.9 Å². The van der Waals surface area contributed by atoms with E-state index in [1.54, 1.807) is 22.5 Å². The first-order valence-electron chi connectivity index (χ1n) is 9.18. The first-order valence-corrected chi connectivity index (χ1v) is 10.6. The highest BCUT2D eigenvalue weighted by Crippen LogP contribution is 2.26. The highest BCUT2D eigenvalue weighted by atomic mass is 32.2. The molecule has 1 aromatic heterocycles. The molecule has 1 saturated heterocycles. The monoisotopic (exact) mass is 381 g/mol. The molecule has 0 bridgehead atoms. The second-order valence-electron chi connectivity index (χ2n) is 7.16. The minimum absolute atomic E-state index is 0.341. The van der Waals surface area contributed by atoms with Crippen LogP contribution in [-0.4, -0.2) is 30.8 Å². The van der Waals surface area contributed by atoms with E-state index in [0.29, 0.717) is 18.0 Å². The Morgan fingerprint density at radius 3 is 2.33 bits per heavy atom. The van der Waals surface area contributed by atoms with Crippen LogP contribution in [0.15, 0.2) is 53.4 Å². The summed E-state index contributed by atoms with van der Waals surface area (Å²) in [5.41, 5.74) is 4.14. The van der Waals surface area contributed by atoms with E-state index >= 15 is 0 Å². The summed E-state index contributed by atoms with van der Waals surface area (Å²) >= 11 is 0. The maximum Gasteiger partial charge on any atom is 0.243 e. The fourth-order valence-corrected chi connectivity index (χ4v) is 5.16. The van der Waals surface area contributed by atoms with Crippen molar-refractivity contribution < 1.29 is 8.42 Å². The van der Waals surface area contributed by atoms with Gasteiger partial charge in [-0.25, -0.2) is 13.4 Å². The molecule has 1 fully saturated rings. The Labute approximate surface area is 160 Å². The quantitative estimate of drug-likeness (QED) is 0.728. The van der Waals surface area contributed by atoms with E-state index in [-0.39, 0.29) is 0 Å². The Kier molecular flexibility index (Phi) is 4.61. The fourth-order valence-electron chi connectivity index (χ4n) is 3.61. The van der Waals surface area contributed by atoms with Crippen molar-refractivity contribution in [2.24, 2.45) is 0 Å². The number of aromatic nitrogens is 1. The Morgan fingerprint density at radius 2 is 1.63 bits per heavy atom. The van der Waals surface area contributed by atoms with E-state index in [1.807, 2.05) is 12.1 Å². The summed E-state index contributed by atoms with van der Waals surface area (Å²) in [7, 11) is -3.41. The van der Waals surface area contributed by atoms with E-state index in [1.165, 1.54) is 11.1 Å². The van der Waals surface area contributed by atoms with Crippen molar-refractivity contribution in [3.63, 3.8) is 0 Å². The van der Waals surface area contributed by atoms with Crippen molar-refractivity contribution in [2.45, 2.75) is 31.6 Å². The molecule has 1 aliphatic heterocycles. The average molecular weight is 382 g/mol. The SMILES string of the molecule is Cc1cc(C)cc(Nc2ccc3cc(S(=O)(=O)N4CCCC4)ccc3n2)c1. The number of fused-ring (bicyclic) bond motifs is 1. The van der Waals surface area contributed by atoms with Crippen LogP contribution in [0.1, 0.15) is 24.0 Å². The molecule has 6 heteroatoms. The topological polar surface area (TPSA) is 62.3 Å². The van der Waals surface area contributed by atoms with E-state index in [0.717, 1.165) is 35.2 Å². The molecule has 2 aromatic carbocycles. The molecule has 0 unspecified atom stereocenters. The molecule has 0 saturated carbocycles. The Hall–Kier alpha value is -2.44. The molecule has 0 spiro atoms. The molecule has 0 atom stereocenters. The molecule has 1 aliphatic rings. The molecular weight excluding hydrogens is 358 g/mol. The van der Waals surface area contributed by atoms with Crippen molar-refractivity contribution in [3.8, 4) is 0 Å². The van der Waals surface area contributed by atoms with Gasteiger partial charge in [-0.2, -0.15) is 4.31 Å². The van der Waals surface area contributed by atoms with Crippen LogP contribution < -0.4 is 5.32 Å². The van der Waals surface area contributed by atoms with Crippen LogP contribution >= 0.6 is 0 Å². The second kappa shape index (κ2) is 6.94. The molecule has 0 radical (unpaired) electrons. The zero-order valence-electron chi connectivity index (χ0n) is 15.6. The average Bonchev–Trinajstić information content (AvgIpc) is 3.16. The molecular formula is C21H23N3O2S. The predicted octanol–water partition coefficient (Wildman–Crippen LogP) is 4.38. The smallest absolute Gasteiger partial charge is 0.243 e. The summed E-state index contributed by atoms with van der Waals surface area (Å²) in [6, 6.07) is 15.2. The molecule has 0 aliphatic carbocycles. The minimum Gasteiger partial charge on any atom is -0.340 e. The maximum absolute atomic E-state index is 12.7. The van der Waals surface area contributed by atoms with Crippen LogP contribution in [-0.2, 0) is 10.0 Å². The summed E-state index contributed by atoms with van der Waals surface area (Å²) in [5, 5.41) is 4.15. The van der Waals surface area contributed by atoms with Gasteiger partial charge in [0.15, 0.2) is 0 Å². The lowest BCUT2D eigenvalue weighted by atomic mass is 10.1. The standard InChI is InChI=1S/C21H23N3O2S/c1-15-11-16(2)13-18(12-15)22-21-8-5-17-14-19(6-7-20(17)23-21)27(25,26)24-9-3-4-10-24/h5-8,11-14H,3-4,9-10H2,1-2H3,(H,22,23). The maximum atomic E-state index is 12.7. The summed E-state index contributed by atoms with van der Waals surface area (Å²) in [4.78, 5) is 4.97. The normalized spacial score (nSPS) is 15.3. The van der Waals surface area contributed by atoms with Gasteiger partial charge in [-0.15, -0.1) is 0 Å². The summed E-state index contributed by atoms with van der Waals surface area (Å²) in [5.74, 6) is 0.739. The first-order chi connectivity index (χ1) is 12.9. The van der Waals surface area contributed by atoms with Gasteiger partial charge in [-0.1, -0.05) is 6.07 Å². The number of sulfonamides is 1. The van der Waals surface area contributed by atoms with Crippen molar-refractivity contribution in [3.05, 3.63) is 59.7 Å². The second-order valence-corrected chi connectivity index (χ2v) is 9.10. The van der Waals surface area contributed by atoms with Gasteiger partial charge in [0, 0.05) is 24.2 Å². The van der Waals surface area contributed by atoms with Crippen LogP contribution in [0.2, 0.25) is 0 Å². The lowest BCUT2D eigenvalue weighted by Gasteiger charge is -2.16. The van der Waals surface area contributed by atoms with Gasteiger partial charge < -0.3 is 5.32 Å². The van der Waals surface area contributed by atoms with Gasteiger partial charge in [0.05, 0.1) is 10.4 Å². The van der Waals surface area contributed by atoms with E-state index in [2.05, 4.69) is 42.3 Å². The highest BCUT2D eigenvalue weighted by Gasteiger charge is 2.27. The van der Waals surface area contributed by atoms with Crippen LogP contribution in [0, 0.1) is 13.8 Å². The molecule has 0 amide bonds. The number of hydrogen-bond acceptors (Lipinski definition) is 4. The Bertz CT molecular complexity index is 1080. The number of benzene rings is 2. The molecule has 5 nitrogen and oxygen atoms in total. The third-order valence-corrected chi connectivity index (χ3v) is 6.75. The first kappa shape index (κ1) is 17.9.